The average molecular weight is 446 g/mol. The number of para-hydroxylation sites is 1. The van der Waals surface area contributed by atoms with Crippen LogP contribution < -0.4 is 0 Å². The Morgan fingerprint density at radius 1 is 1.13 bits per heavy atom. The molecule has 0 unspecified atom stereocenters. The maximum atomic E-state index is 10.5. The van der Waals surface area contributed by atoms with Gasteiger partial charge in [-0.1, -0.05) is 35.5 Å². The second-order valence-corrected chi connectivity index (χ2v) is 8.79. The van der Waals surface area contributed by atoms with Crippen LogP contribution in [0.5, 0.6) is 0 Å². The van der Waals surface area contributed by atoms with E-state index in [-0.39, 0.29) is 6.61 Å². The molecule has 0 saturated carbocycles. The van der Waals surface area contributed by atoms with E-state index in [0.717, 1.165) is 61.1 Å². The van der Waals surface area contributed by atoms with Crippen molar-refractivity contribution in [2.75, 3.05) is 45.9 Å². The zero-order chi connectivity index (χ0) is 20.9. The maximum Gasteiger partial charge on any atom is 0.329 e. The summed E-state index contributed by atoms with van der Waals surface area (Å²) in [5, 5.41) is 9.34. The third-order valence-electron chi connectivity index (χ3n) is 5.15. The zero-order valence-corrected chi connectivity index (χ0v) is 18.2. The van der Waals surface area contributed by atoms with Crippen molar-refractivity contribution in [3.63, 3.8) is 0 Å². The lowest BCUT2D eigenvalue weighted by Gasteiger charge is -2.36. The van der Waals surface area contributed by atoms with Crippen molar-refractivity contribution >= 4 is 40.9 Å². The molecule has 8 heteroatoms. The molecule has 158 valence electrons. The maximum absolute atomic E-state index is 10.5. The summed E-state index contributed by atoms with van der Waals surface area (Å²) in [6.07, 6.45) is 0.830. The van der Waals surface area contributed by atoms with Crippen LogP contribution in [0.15, 0.2) is 57.2 Å². The molecule has 1 N–H and O–H groups in total. The van der Waals surface area contributed by atoms with Gasteiger partial charge in [-0.05, 0) is 36.8 Å². The Bertz CT molecular complexity index is 945. The fourth-order valence-electron chi connectivity index (χ4n) is 3.67. The van der Waals surface area contributed by atoms with Crippen LogP contribution in [-0.4, -0.2) is 72.6 Å². The highest BCUT2D eigenvalue weighted by Gasteiger charge is 2.25. The van der Waals surface area contributed by atoms with Gasteiger partial charge in [0.1, 0.15) is 12.4 Å². The normalized spacial score (nSPS) is 16.4. The first-order valence-electron chi connectivity index (χ1n) is 10.0. The highest BCUT2D eigenvalue weighted by molar-refractivity contribution is 7.99. The Morgan fingerprint density at radius 3 is 2.73 bits per heavy atom. The van der Waals surface area contributed by atoms with Gasteiger partial charge in [0.25, 0.3) is 0 Å². The van der Waals surface area contributed by atoms with E-state index in [4.69, 9.17) is 26.4 Å². The van der Waals surface area contributed by atoms with E-state index in [9.17, 15) is 4.79 Å². The number of nitrogens with zero attached hydrogens (tertiary/aromatic N) is 3. The molecule has 0 radical (unpaired) electrons. The number of rotatable bonds is 6. The number of carboxylic acid groups (broad SMARTS) is 1. The number of carbonyl (C=O) groups is 1. The summed E-state index contributed by atoms with van der Waals surface area (Å²) in [4.78, 5) is 22.6. The Morgan fingerprint density at radius 2 is 1.93 bits per heavy atom. The van der Waals surface area contributed by atoms with Crippen LogP contribution in [0.1, 0.15) is 12.0 Å². The number of fused-ring (bicyclic) bond motifs is 2. The number of carboxylic acids is 1. The van der Waals surface area contributed by atoms with Gasteiger partial charge in [-0.3, -0.25) is 4.90 Å². The van der Waals surface area contributed by atoms with Crippen molar-refractivity contribution in [1.29, 1.82) is 0 Å². The average Bonchev–Trinajstić information content (AvgIpc) is 2.90. The van der Waals surface area contributed by atoms with Gasteiger partial charge in [-0.2, -0.15) is 0 Å². The number of benzene rings is 2. The van der Waals surface area contributed by atoms with Gasteiger partial charge in [0.15, 0.2) is 0 Å². The lowest BCUT2D eigenvalue weighted by Crippen LogP contribution is -2.49. The van der Waals surface area contributed by atoms with E-state index in [0.29, 0.717) is 11.6 Å². The van der Waals surface area contributed by atoms with Gasteiger partial charge in [-0.25, -0.2) is 9.79 Å². The first-order chi connectivity index (χ1) is 14.6. The number of halogens is 1. The second kappa shape index (κ2) is 9.83. The minimum absolute atomic E-state index is 0.227. The molecule has 0 bridgehead atoms. The van der Waals surface area contributed by atoms with Crippen molar-refractivity contribution in [1.82, 2.24) is 9.80 Å². The van der Waals surface area contributed by atoms with E-state index in [1.54, 1.807) is 11.8 Å². The minimum Gasteiger partial charge on any atom is -0.480 e. The van der Waals surface area contributed by atoms with Crippen LogP contribution in [0.25, 0.3) is 0 Å². The van der Waals surface area contributed by atoms with E-state index in [2.05, 4.69) is 28.0 Å². The Labute approximate surface area is 185 Å². The summed E-state index contributed by atoms with van der Waals surface area (Å²) >= 11 is 8.06. The molecule has 2 aromatic rings. The molecule has 2 aliphatic rings. The molecule has 0 aromatic heterocycles. The van der Waals surface area contributed by atoms with Crippen LogP contribution >= 0.6 is 23.4 Å². The molecule has 0 atom stereocenters. The van der Waals surface area contributed by atoms with E-state index >= 15 is 0 Å². The molecule has 0 amide bonds. The van der Waals surface area contributed by atoms with Gasteiger partial charge in [0.05, 0.1) is 5.69 Å². The zero-order valence-electron chi connectivity index (χ0n) is 16.6. The summed E-state index contributed by atoms with van der Waals surface area (Å²) < 4.78 is 5.13. The molecule has 2 aromatic carbocycles. The van der Waals surface area contributed by atoms with Crippen LogP contribution in [-0.2, 0) is 9.53 Å². The largest absolute Gasteiger partial charge is 0.480 e. The van der Waals surface area contributed by atoms with Crippen LogP contribution in [0.4, 0.5) is 5.69 Å². The summed E-state index contributed by atoms with van der Waals surface area (Å²) in [6.45, 7) is 4.78. The van der Waals surface area contributed by atoms with Crippen LogP contribution in [0.2, 0.25) is 5.02 Å². The predicted octanol–water partition coefficient (Wildman–Crippen LogP) is 3.99. The quantitative estimate of drug-likeness (QED) is 0.678. The molecular formula is C22H24ClN3O3S. The third kappa shape index (κ3) is 5.16. The van der Waals surface area contributed by atoms with Gasteiger partial charge in [-0.15, -0.1) is 0 Å². The van der Waals surface area contributed by atoms with Crippen LogP contribution in [0, 0.1) is 0 Å². The first kappa shape index (κ1) is 21.2. The van der Waals surface area contributed by atoms with E-state index in [1.807, 2.05) is 24.3 Å². The molecule has 0 spiro atoms. The lowest BCUT2D eigenvalue weighted by atomic mass is 10.1. The van der Waals surface area contributed by atoms with Crippen LogP contribution in [0.3, 0.4) is 0 Å². The second-order valence-electron chi connectivity index (χ2n) is 7.27. The monoisotopic (exact) mass is 445 g/mol. The molecule has 0 aliphatic carbocycles. The molecule has 1 fully saturated rings. The topological polar surface area (TPSA) is 65.4 Å². The lowest BCUT2D eigenvalue weighted by molar-refractivity contribution is -0.142. The number of ether oxygens (including phenoxy) is 1. The van der Waals surface area contributed by atoms with Crippen molar-refractivity contribution in [3.05, 3.63) is 53.1 Å². The number of aliphatic carboxylic acids is 1. The van der Waals surface area contributed by atoms with E-state index in [1.165, 1.54) is 4.90 Å². The fraction of sp³-hybridized carbons (Fsp3) is 0.364. The van der Waals surface area contributed by atoms with Crippen molar-refractivity contribution in [2.45, 2.75) is 16.2 Å². The molecule has 30 heavy (non-hydrogen) atoms. The Hall–Kier alpha value is -2.06. The number of hydrogen-bond acceptors (Lipinski definition) is 6. The highest BCUT2D eigenvalue weighted by atomic mass is 35.5. The number of aliphatic imine (C=N–C) groups is 1. The first-order valence-corrected chi connectivity index (χ1v) is 11.2. The molecule has 1 saturated heterocycles. The summed E-state index contributed by atoms with van der Waals surface area (Å²) in [5.74, 6) is 0.0577. The Kier molecular flexibility index (Phi) is 6.94. The molecule has 2 heterocycles. The molecule has 4 rings (SSSR count). The molecular weight excluding hydrogens is 422 g/mol. The minimum atomic E-state index is -0.923. The van der Waals surface area contributed by atoms with Crippen molar-refractivity contribution in [2.24, 2.45) is 4.99 Å². The van der Waals surface area contributed by atoms with Gasteiger partial charge >= 0.3 is 5.97 Å². The summed E-state index contributed by atoms with van der Waals surface area (Å²) in [7, 11) is 0. The van der Waals surface area contributed by atoms with Crippen molar-refractivity contribution < 1.29 is 14.6 Å². The molecule has 2 aliphatic heterocycles. The molecule has 6 nitrogen and oxygen atoms in total. The SMILES string of the molecule is O=C(O)COCCCN1CCN(C2=Nc3ccccc3Sc3ccc(Cl)cc32)CC1. The van der Waals surface area contributed by atoms with E-state index < -0.39 is 5.97 Å². The van der Waals surface area contributed by atoms with Gasteiger partial charge in [0.2, 0.25) is 0 Å². The third-order valence-corrected chi connectivity index (χ3v) is 6.53. The highest BCUT2D eigenvalue weighted by Crippen LogP contribution is 2.41. The number of hydrogen-bond donors (Lipinski definition) is 1. The Balaban J connectivity index is 1.44. The number of piperazine rings is 1. The van der Waals surface area contributed by atoms with Gasteiger partial charge in [0, 0.05) is 59.7 Å². The summed E-state index contributed by atoms with van der Waals surface area (Å²) in [6, 6.07) is 14.3. The summed E-state index contributed by atoms with van der Waals surface area (Å²) in [5.41, 5.74) is 2.07. The fourth-order valence-corrected chi connectivity index (χ4v) is 4.84. The smallest absolute Gasteiger partial charge is 0.329 e. The van der Waals surface area contributed by atoms with Crippen molar-refractivity contribution in [3.8, 4) is 0 Å². The predicted molar refractivity (Wildman–Crippen MR) is 119 cm³/mol. The van der Waals surface area contributed by atoms with Gasteiger partial charge < -0.3 is 14.7 Å². The standard InChI is InChI=1S/C22H24ClN3O3S/c23-16-6-7-19-17(14-16)22(24-18-4-1-2-5-20(18)30-19)26-11-9-25(10-12-26)8-3-13-29-15-21(27)28/h1-2,4-7,14H,3,8-13,15H2,(H,27,28). The number of amidine groups is 1.